The first kappa shape index (κ1) is 24.3. The summed E-state index contributed by atoms with van der Waals surface area (Å²) >= 11 is 0. The maximum atomic E-state index is 14.1. The van der Waals surface area contributed by atoms with Crippen LogP contribution in [0.5, 0.6) is 0 Å². The smallest absolute Gasteiger partial charge is 0.281 e. The fourth-order valence-electron chi connectivity index (χ4n) is 4.16. The fourth-order valence-corrected chi connectivity index (χ4v) is 5.30. The van der Waals surface area contributed by atoms with Crippen molar-refractivity contribution < 1.29 is 30.4 Å². The second-order valence-corrected chi connectivity index (χ2v) is 10.4. The Morgan fingerprint density at radius 2 is 1.47 bits per heavy atom. The number of hydrogen-bond donors (Lipinski definition) is 0. The minimum atomic E-state index is -5.60. The number of rotatable bonds is 6. The van der Waals surface area contributed by atoms with E-state index >= 15 is 0 Å². The topological polar surface area (TPSA) is 75.5 Å². The van der Waals surface area contributed by atoms with Crippen molar-refractivity contribution in [3.8, 4) is 11.1 Å². The molecule has 0 bridgehead atoms. The van der Waals surface area contributed by atoms with E-state index in [1.807, 2.05) is 0 Å². The van der Waals surface area contributed by atoms with Crippen LogP contribution in [0.2, 0.25) is 0 Å². The first-order valence-corrected chi connectivity index (χ1v) is 12.5. The molecule has 1 aromatic heterocycles. The lowest BCUT2D eigenvalue weighted by atomic mass is 10.0. The van der Waals surface area contributed by atoms with E-state index in [-0.39, 0.29) is 15.9 Å². The molecule has 1 unspecified atom stereocenters. The summed E-state index contributed by atoms with van der Waals surface area (Å²) in [5.41, 5.74) is -3.22. The third kappa shape index (κ3) is 4.45. The number of hydrogen-bond acceptors (Lipinski definition) is 5. The van der Waals surface area contributed by atoms with Gasteiger partial charge in [-0.1, -0.05) is 30.3 Å². The van der Waals surface area contributed by atoms with Gasteiger partial charge in [-0.15, -0.1) is 0 Å². The van der Waals surface area contributed by atoms with Crippen molar-refractivity contribution in [1.82, 2.24) is 9.97 Å². The molecule has 0 spiro atoms. The third-order valence-corrected chi connectivity index (χ3v) is 7.68. The summed E-state index contributed by atoms with van der Waals surface area (Å²) in [7, 11) is -5.60. The molecule has 36 heavy (non-hydrogen) atoms. The Kier molecular flexibility index (Phi) is 6.01. The Morgan fingerprint density at radius 3 is 2.03 bits per heavy atom. The molecule has 2 aliphatic rings. The van der Waals surface area contributed by atoms with E-state index in [4.69, 9.17) is 0 Å². The van der Waals surface area contributed by atoms with Gasteiger partial charge in [0.15, 0.2) is 0 Å². The molecule has 2 aromatic carbocycles. The van der Waals surface area contributed by atoms with E-state index in [9.17, 15) is 30.4 Å². The quantitative estimate of drug-likeness (QED) is 0.397. The van der Waals surface area contributed by atoms with E-state index < -0.39 is 39.2 Å². The second-order valence-electron chi connectivity index (χ2n) is 8.60. The standard InChI is InChI=1S/C24H19F5N4O2S/c25-18-2-1-3-19(26)22(18)21-11-10-20(32-21)15-6-4-14(5-7-15)16-12-30-23(31-13-16)33(17-8-9-17)36(34,35)24(27,28)29/h1-7,12-13,17,20H,8-11H2. The number of nitrogens with zero attached hydrogens (tertiary/aromatic N) is 4. The van der Waals surface area contributed by atoms with Crippen molar-refractivity contribution in [3.63, 3.8) is 0 Å². The van der Waals surface area contributed by atoms with Gasteiger partial charge in [0.2, 0.25) is 5.95 Å². The van der Waals surface area contributed by atoms with Crippen molar-refractivity contribution >= 4 is 21.7 Å². The van der Waals surface area contributed by atoms with E-state index in [0.717, 1.165) is 5.56 Å². The number of sulfonamides is 1. The molecular weight excluding hydrogens is 503 g/mol. The predicted octanol–water partition coefficient (Wildman–Crippen LogP) is 5.56. The SMILES string of the molecule is O=S(=O)(N(c1ncc(-c2ccc(C3CCC(c4c(F)cccc4F)=N3)cc2)cn1)C1CC1)C(F)(F)F. The van der Waals surface area contributed by atoms with Crippen LogP contribution in [0.3, 0.4) is 0 Å². The normalized spacial score (nSPS) is 18.2. The highest BCUT2D eigenvalue weighted by atomic mass is 32.2. The molecule has 6 nitrogen and oxygen atoms in total. The first-order valence-electron chi connectivity index (χ1n) is 11.1. The van der Waals surface area contributed by atoms with Gasteiger partial charge >= 0.3 is 15.5 Å². The van der Waals surface area contributed by atoms with Crippen LogP contribution >= 0.6 is 0 Å². The van der Waals surface area contributed by atoms with Gasteiger partial charge in [0.1, 0.15) is 11.6 Å². The third-order valence-electron chi connectivity index (χ3n) is 6.11. The number of aliphatic imine (C=N–C) groups is 1. The molecular formula is C24H19F5N4O2S. The summed E-state index contributed by atoms with van der Waals surface area (Å²) in [6, 6.07) is 9.69. The molecule has 1 saturated carbocycles. The van der Waals surface area contributed by atoms with E-state index in [2.05, 4.69) is 15.0 Å². The molecule has 1 fully saturated rings. The summed E-state index contributed by atoms with van der Waals surface area (Å²) in [4.78, 5) is 12.3. The average Bonchev–Trinajstić information content (AvgIpc) is 3.54. The van der Waals surface area contributed by atoms with Crippen LogP contribution in [0, 0.1) is 11.6 Å². The molecule has 12 heteroatoms. The van der Waals surface area contributed by atoms with Gasteiger partial charge in [0.05, 0.1) is 11.6 Å². The van der Waals surface area contributed by atoms with Crippen LogP contribution in [-0.4, -0.2) is 35.6 Å². The van der Waals surface area contributed by atoms with Gasteiger partial charge in [-0.2, -0.15) is 21.6 Å². The van der Waals surface area contributed by atoms with Gasteiger partial charge in [-0.05, 0) is 48.9 Å². The van der Waals surface area contributed by atoms with Crippen LogP contribution in [-0.2, 0) is 10.0 Å². The number of aromatic nitrogens is 2. The van der Waals surface area contributed by atoms with Crippen molar-refractivity contribution in [2.45, 2.75) is 43.3 Å². The number of alkyl halides is 3. The summed E-state index contributed by atoms with van der Waals surface area (Å²) in [5, 5.41) is 0. The zero-order valence-electron chi connectivity index (χ0n) is 18.6. The summed E-state index contributed by atoms with van der Waals surface area (Å²) < 4.78 is 91.7. The highest BCUT2D eigenvalue weighted by Gasteiger charge is 2.55. The zero-order chi connectivity index (χ0) is 25.7. The van der Waals surface area contributed by atoms with Crippen molar-refractivity contribution in [3.05, 3.63) is 77.6 Å². The van der Waals surface area contributed by atoms with E-state index in [1.165, 1.54) is 30.6 Å². The fraction of sp³-hybridized carbons (Fsp3) is 0.292. The first-order chi connectivity index (χ1) is 17.1. The van der Waals surface area contributed by atoms with E-state index in [0.29, 0.717) is 42.5 Å². The Labute approximate surface area is 203 Å². The minimum absolute atomic E-state index is 0.110. The monoisotopic (exact) mass is 522 g/mol. The lowest BCUT2D eigenvalue weighted by Crippen LogP contribution is -2.43. The van der Waals surface area contributed by atoms with Crippen molar-refractivity contribution in [2.75, 3.05) is 4.31 Å². The molecule has 0 saturated heterocycles. The number of benzene rings is 2. The Bertz CT molecular complexity index is 1400. The molecule has 3 aromatic rings. The van der Waals surface area contributed by atoms with E-state index in [1.54, 1.807) is 24.3 Å². The maximum Gasteiger partial charge on any atom is 0.516 e. The van der Waals surface area contributed by atoms with Crippen LogP contribution < -0.4 is 4.31 Å². The van der Waals surface area contributed by atoms with Crippen LogP contribution in [0.1, 0.15) is 42.9 Å². The van der Waals surface area contributed by atoms with Gasteiger partial charge in [0.25, 0.3) is 0 Å². The highest BCUT2D eigenvalue weighted by molar-refractivity contribution is 7.93. The summed E-state index contributed by atoms with van der Waals surface area (Å²) in [6.07, 6.45) is 4.16. The zero-order valence-corrected chi connectivity index (χ0v) is 19.4. The molecule has 0 N–H and O–H groups in total. The maximum absolute atomic E-state index is 14.1. The lowest BCUT2D eigenvalue weighted by molar-refractivity contribution is -0.0439. The van der Waals surface area contributed by atoms with Gasteiger partial charge in [-0.25, -0.2) is 23.1 Å². The minimum Gasteiger partial charge on any atom is -0.281 e. The van der Waals surface area contributed by atoms with Gasteiger partial charge in [-0.3, -0.25) is 4.99 Å². The highest BCUT2D eigenvalue weighted by Crippen LogP contribution is 2.38. The Morgan fingerprint density at radius 1 is 0.861 bits per heavy atom. The predicted molar refractivity (Wildman–Crippen MR) is 123 cm³/mol. The summed E-state index contributed by atoms with van der Waals surface area (Å²) in [6.45, 7) is 0. The van der Waals surface area contributed by atoms with Crippen molar-refractivity contribution in [2.24, 2.45) is 4.99 Å². The van der Waals surface area contributed by atoms with Crippen LogP contribution in [0.15, 0.2) is 59.9 Å². The molecule has 1 aliphatic heterocycles. The second kappa shape index (κ2) is 8.91. The molecule has 0 amide bonds. The summed E-state index contributed by atoms with van der Waals surface area (Å²) in [5.74, 6) is -1.84. The number of anilines is 1. The Hall–Kier alpha value is -3.41. The molecule has 2 heterocycles. The van der Waals surface area contributed by atoms with Crippen LogP contribution in [0.4, 0.5) is 27.9 Å². The van der Waals surface area contributed by atoms with Crippen molar-refractivity contribution in [1.29, 1.82) is 0 Å². The molecule has 1 atom stereocenters. The number of halogens is 5. The average molecular weight is 522 g/mol. The molecule has 1 aliphatic carbocycles. The van der Waals surface area contributed by atoms with Crippen LogP contribution in [0.25, 0.3) is 11.1 Å². The Balaban J connectivity index is 1.35. The van der Waals surface area contributed by atoms with Gasteiger partial charge < -0.3 is 0 Å². The largest absolute Gasteiger partial charge is 0.516 e. The van der Waals surface area contributed by atoms with Gasteiger partial charge in [0, 0.05) is 29.7 Å². The molecule has 188 valence electrons. The molecule has 5 rings (SSSR count). The molecule has 0 radical (unpaired) electrons. The lowest BCUT2D eigenvalue weighted by Gasteiger charge is -2.23.